The van der Waals surface area contributed by atoms with Crippen molar-refractivity contribution in [3.05, 3.63) is 28.2 Å². The van der Waals surface area contributed by atoms with E-state index in [9.17, 15) is 8.42 Å². The molecule has 7 heteroatoms. The van der Waals surface area contributed by atoms with Crippen molar-refractivity contribution in [2.45, 2.75) is 42.8 Å². The SMILES string of the molecule is CNCc1ccc(Br)c(S(=O)(=O)NC2CCC(OC)C2)c1. The molecule has 1 saturated carbocycles. The molecule has 118 valence electrons. The summed E-state index contributed by atoms with van der Waals surface area (Å²) in [6.07, 6.45) is 2.58. The van der Waals surface area contributed by atoms with E-state index in [-0.39, 0.29) is 17.0 Å². The summed E-state index contributed by atoms with van der Waals surface area (Å²) in [5.74, 6) is 0. The fraction of sp³-hybridized carbons (Fsp3) is 0.571. The Balaban J connectivity index is 2.17. The average molecular weight is 377 g/mol. The summed E-state index contributed by atoms with van der Waals surface area (Å²) in [6, 6.07) is 5.31. The number of ether oxygens (including phenoxy) is 1. The Hall–Kier alpha value is -0.470. The van der Waals surface area contributed by atoms with Crippen LogP contribution >= 0.6 is 15.9 Å². The maximum atomic E-state index is 12.6. The van der Waals surface area contributed by atoms with Gasteiger partial charge >= 0.3 is 0 Å². The van der Waals surface area contributed by atoms with Crippen molar-refractivity contribution >= 4 is 26.0 Å². The number of halogens is 1. The van der Waals surface area contributed by atoms with Gasteiger partial charge in [-0.25, -0.2) is 13.1 Å². The molecule has 0 saturated heterocycles. The molecular weight excluding hydrogens is 356 g/mol. The van der Waals surface area contributed by atoms with Crippen molar-refractivity contribution in [2.24, 2.45) is 0 Å². The summed E-state index contributed by atoms with van der Waals surface area (Å²) in [5, 5.41) is 3.02. The van der Waals surface area contributed by atoms with Gasteiger partial charge in [-0.15, -0.1) is 0 Å². The molecule has 0 bridgehead atoms. The van der Waals surface area contributed by atoms with Gasteiger partial charge in [-0.2, -0.15) is 0 Å². The second-order valence-electron chi connectivity index (χ2n) is 5.28. The topological polar surface area (TPSA) is 67.4 Å². The van der Waals surface area contributed by atoms with E-state index in [1.165, 1.54) is 0 Å². The molecule has 2 unspecified atom stereocenters. The van der Waals surface area contributed by atoms with E-state index in [0.29, 0.717) is 11.0 Å². The van der Waals surface area contributed by atoms with E-state index in [1.54, 1.807) is 19.2 Å². The first-order valence-corrected chi connectivity index (χ1v) is 9.22. The Morgan fingerprint density at radius 3 is 2.76 bits per heavy atom. The van der Waals surface area contributed by atoms with Crippen LogP contribution in [0.25, 0.3) is 0 Å². The zero-order valence-corrected chi connectivity index (χ0v) is 14.6. The number of methoxy groups -OCH3 is 1. The first-order chi connectivity index (χ1) is 9.96. The summed E-state index contributed by atoms with van der Waals surface area (Å²) in [7, 11) is -0.0298. The zero-order chi connectivity index (χ0) is 15.5. The fourth-order valence-electron chi connectivity index (χ4n) is 2.61. The third kappa shape index (κ3) is 4.26. The summed E-state index contributed by atoms with van der Waals surface area (Å²) in [6.45, 7) is 0.630. The largest absolute Gasteiger partial charge is 0.381 e. The van der Waals surface area contributed by atoms with Crippen molar-refractivity contribution in [3.63, 3.8) is 0 Å². The van der Waals surface area contributed by atoms with Crippen LogP contribution < -0.4 is 10.0 Å². The van der Waals surface area contributed by atoms with Crippen LogP contribution in [0.15, 0.2) is 27.6 Å². The minimum Gasteiger partial charge on any atom is -0.381 e. The lowest BCUT2D eigenvalue weighted by Crippen LogP contribution is -2.33. The average Bonchev–Trinajstić information content (AvgIpc) is 2.88. The highest BCUT2D eigenvalue weighted by Gasteiger charge is 2.29. The van der Waals surface area contributed by atoms with Crippen LogP contribution in [0.2, 0.25) is 0 Å². The third-order valence-corrected chi connectivity index (χ3v) is 6.22. The second-order valence-corrected chi connectivity index (χ2v) is 7.82. The number of hydrogen-bond acceptors (Lipinski definition) is 4. The first-order valence-electron chi connectivity index (χ1n) is 6.94. The number of sulfonamides is 1. The molecule has 0 aromatic heterocycles. The molecule has 2 N–H and O–H groups in total. The highest BCUT2D eigenvalue weighted by Crippen LogP contribution is 2.27. The summed E-state index contributed by atoms with van der Waals surface area (Å²) in [4.78, 5) is 0.288. The molecule has 0 radical (unpaired) electrons. The molecule has 0 spiro atoms. The summed E-state index contributed by atoms with van der Waals surface area (Å²) < 4.78 is 33.8. The number of hydrogen-bond donors (Lipinski definition) is 2. The summed E-state index contributed by atoms with van der Waals surface area (Å²) in [5.41, 5.74) is 0.933. The van der Waals surface area contributed by atoms with E-state index < -0.39 is 10.0 Å². The molecule has 2 atom stereocenters. The molecule has 0 heterocycles. The van der Waals surface area contributed by atoms with Crippen molar-refractivity contribution < 1.29 is 13.2 Å². The van der Waals surface area contributed by atoms with Gasteiger partial charge < -0.3 is 10.1 Å². The van der Waals surface area contributed by atoms with Gasteiger partial charge in [0, 0.05) is 24.2 Å². The van der Waals surface area contributed by atoms with Gasteiger partial charge in [0.15, 0.2) is 0 Å². The minimum absolute atomic E-state index is 0.0557. The van der Waals surface area contributed by atoms with Gasteiger partial charge in [0.25, 0.3) is 0 Å². The van der Waals surface area contributed by atoms with Gasteiger partial charge in [-0.3, -0.25) is 0 Å². The van der Waals surface area contributed by atoms with Crippen LogP contribution in [0.3, 0.4) is 0 Å². The van der Waals surface area contributed by atoms with Gasteiger partial charge in [-0.1, -0.05) is 6.07 Å². The van der Waals surface area contributed by atoms with Crippen molar-refractivity contribution in [3.8, 4) is 0 Å². The van der Waals surface area contributed by atoms with Gasteiger partial charge in [0.2, 0.25) is 10.0 Å². The lowest BCUT2D eigenvalue weighted by Gasteiger charge is -2.15. The highest BCUT2D eigenvalue weighted by atomic mass is 79.9. The molecule has 1 aliphatic carbocycles. The van der Waals surface area contributed by atoms with Gasteiger partial charge in [-0.05, 0) is 59.9 Å². The molecule has 1 aliphatic rings. The standard InChI is InChI=1S/C14H21BrN2O3S/c1-16-9-10-3-6-13(15)14(7-10)21(18,19)17-11-4-5-12(8-11)20-2/h3,6-7,11-12,16-17H,4-5,8-9H2,1-2H3. The van der Waals surface area contributed by atoms with E-state index in [1.807, 2.05) is 13.1 Å². The second kappa shape index (κ2) is 7.19. The van der Waals surface area contributed by atoms with Gasteiger partial charge in [0.05, 0.1) is 11.0 Å². The van der Waals surface area contributed by atoms with E-state index in [0.717, 1.165) is 24.8 Å². The molecule has 21 heavy (non-hydrogen) atoms. The van der Waals surface area contributed by atoms with Crippen LogP contribution in [-0.2, 0) is 21.3 Å². The highest BCUT2D eigenvalue weighted by molar-refractivity contribution is 9.10. The van der Waals surface area contributed by atoms with Gasteiger partial charge in [0.1, 0.15) is 0 Å². The molecule has 1 fully saturated rings. The molecule has 1 aromatic rings. The lowest BCUT2D eigenvalue weighted by atomic mass is 10.2. The van der Waals surface area contributed by atoms with Crippen molar-refractivity contribution in [1.29, 1.82) is 0 Å². The van der Waals surface area contributed by atoms with Crippen LogP contribution in [0, 0.1) is 0 Å². The van der Waals surface area contributed by atoms with E-state index in [2.05, 4.69) is 26.0 Å². The minimum atomic E-state index is -3.53. The number of nitrogens with one attached hydrogen (secondary N) is 2. The lowest BCUT2D eigenvalue weighted by molar-refractivity contribution is 0.107. The number of benzene rings is 1. The smallest absolute Gasteiger partial charge is 0.241 e. The Kier molecular flexibility index (Phi) is 5.79. The normalized spacial score (nSPS) is 22.6. The Morgan fingerprint density at radius 1 is 1.38 bits per heavy atom. The first kappa shape index (κ1) is 16.9. The maximum absolute atomic E-state index is 12.6. The predicted octanol–water partition coefficient (Wildman–Crippen LogP) is 2.01. The van der Waals surface area contributed by atoms with E-state index >= 15 is 0 Å². The van der Waals surface area contributed by atoms with E-state index in [4.69, 9.17) is 4.74 Å². The predicted molar refractivity (Wildman–Crippen MR) is 85.7 cm³/mol. The molecular formula is C14H21BrN2O3S. The van der Waals surface area contributed by atoms with Crippen LogP contribution in [0.4, 0.5) is 0 Å². The maximum Gasteiger partial charge on any atom is 0.241 e. The Bertz CT molecular complexity index is 592. The Morgan fingerprint density at radius 2 is 2.14 bits per heavy atom. The fourth-order valence-corrected chi connectivity index (χ4v) is 4.91. The van der Waals surface area contributed by atoms with Crippen molar-refractivity contribution in [1.82, 2.24) is 10.0 Å². The molecule has 0 amide bonds. The summed E-state index contributed by atoms with van der Waals surface area (Å²) >= 11 is 3.33. The third-order valence-electron chi connectivity index (χ3n) is 3.71. The quantitative estimate of drug-likeness (QED) is 0.796. The van der Waals surface area contributed by atoms with Crippen LogP contribution in [0.1, 0.15) is 24.8 Å². The number of rotatable bonds is 6. The zero-order valence-electron chi connectivity index (χ0n) is 12.2. The molecule has 5 nitrogen and oxygen atoms in total. The monoisotopic (exact) mass is 376 g/mol. The van der Waals surface area contributed by atoms with Crippen molar-refractivity contribution in [2.75, 3.05) is 14.2 Å². The van der Waals surface area contributed by atoms with Crippen LogP contribution in [0.5, 0.6) is 0 Å². The molecule has 2 rings (SSSR count). The molecule has 0 aliphatic heterocycles. The van der Waals surface area contributed by atoms with Crippen LogP contribution in [-0.4, -0.2) is 34.7 Å². The Labute approximate surface area is 134 Å². The molecule has 1 aromatic carbocycles.